The number of amides is 1. The van der Waals surface area contributed by atoms with E-state index < -0.39 is 11.4 Å². The van der Waals surface area contributed by atoms with Crippen molar-refractivity contribution in [1.82, 2.24) is 4.90 Å². The Balaban J connectivity index is 0.00000196. The van der Waals surface area contributed by atoms with Crippen LogP contribution in [0.2, 0.25) is 0 Å². The van der Waals surface area contributed by atoms with Crippen molar-refractivity contribution in [3.8, 4) is 0 Å². The van der Waals surface area contributed by atoms with E-state index in [1.54, 1.807) is 17.0 Å². The number of carboxylic acids is 1. The van der Waals surface area contributed by atoms with Gasteiger partial charge in [-0.3, -0.25) is 14.5 Å². The predicted octanol–water partition coefficient (Wildman–Crippen LogP) is 2.93. The number of carbonyl (C=O) groups is 2. The fourth-order valence-electron chi connectivity index (χ4n) is 5.01. The number of benzene rings is 1. The molecule has 4 rings (SSSR count). The number of piperidine rings is 1. The minimum atomic E-state index is -0.720. The van der Waals surface area contributed by atoms with Crippen LogP contribution < -0.4 is 4.90 Å². The number of nitrogens with zero attached hydrogens (tertiary/aromatic N) is 2. The molecular weight excluding hydrogens is 359 g/mol. The molecule has 3 atom stereocenters. The van der Waals surface area contributed by atoms with Crippen LogP contribution in [0.15, 0.2) is 24.3 Å². The smallest absolute Gasteiger partial charge is 0.311 e. The zero-order chi connectivity index (χ0) is 17.6. The lowest BCUT2D eigenvalue weighted by molar-refractivity contribution is -0.149. The summed E-state index contributed by atoms with van der Waals surface area (Å²) in [5, 5.41) is 9.75. The lowest BCUT2D eigenvalue weighted by Gasteiger charge is -2.37. The number of carbonyl (C=O) groups excluding carboxylic acids is 1. The lowest BCUT2D eigenvalue weighted by Crippen LogP contribution is -2.52. The molecule has 1 unspecified atom stereocenters. The van der Waals surface area contributed by atoms with Gasteiger partial charge < -0.3 is 10.0 Å². The Hall–Kier alpha value is -1.66. The largest absolute Gasteiger partial charge is 0.481 e. The molecule has 0 bridgehead atoms. The van der Waals surface area contributed by atoms with Gasteiger partial charge in [-0.05, 0) is 49.8 Å². The van der Waals surface area contributed by atoms with Crippen LogP contribution in [0.4, 0.5) is 10.1 Å². The monoisotopic (exact) mass is 382 g/mol. The van der Waals surface area contributed by atoms with Gasteiger partial charge in [-0.2, -0.15) is 0 Å². The quantitative estimate of drug-likeness (QED) is 0.873. The highest BCUT2D eigenvalue weighted by Crippen LogP contribution is 2.49. The summed E-state index contributed by atoms with van der Waals surface area (Å²) in [5.41, 5.74) is -0.0939. The number of aliphatic carboxylic acids is 1. The molecule has 0 aromatic heterocycles. The molecule has 1 aliphatic carbocycles. The molecule has 1 saturated carbocycles. The van der Waals surface area contributed by atoms with Crippen LogP contribution in [-0.2, 0) is 9.59 Å². The summed E-state index contributed by atoms with van der Waals surface area (Å²) in [5.74, 6) is -0.963. The number of fused-ring (bicyclic) bond motifs is 1. The topological polar surface area (TPSA) is 60.9 Å². The van der Waals surface area contributed by atoms with E-state index in [9.17, 15) is 19.1 Å². The van der Waals surface area contributed by atoms with Crippen molar-refractivity contribution in [2.24, 2.45) is 11.3 Å². The second-order valence-electron chi connectivity index (χ2n) is 7.61. The number of anilines is 1. The molecule has 1 aromatic carbocycles. The number of carboxylic acid groups (broad SMARTS) is 1. The Kier molecular flexibility index (Phi) is 5.26. The first-order valence-corrected chi connectivity index (χ1v) is 9.06. The molecule has 2 heterocycles. The van der Waals surface area contributed by atoms with Gasteiger partial charge in [0.05, 0.1) is 11.5 Å². The predicted molar refractivity (Wildman–Crippen MR) is 98.0 cm³/mol. The molecular formula is C19H24ClFN2O3. The van der Waals surface area contributed by atoms with Gasteiger partial charge >= 0.3 is 5.97 Å². The van der Waals surface area contributed by atoms with Gasteiger partial charge in [0.25, 0.3) is 0 Å². The van der Waals surface area contributed by atoms with Crippen LogP contribution in [0.1, 0.15) is 32.1 Å². The highest BCUT2D eigenvalue weighted by Gasteiger charge is 2.56. The summed E-state index contributed by atoms with van der Waals surface area (Å²) < 4.78 is 13.5. The van der Waals surface area contributed by atoms with Crippen molar-refractivity contribution in [1.29, 1.82) is 0 Å². The van der Waals surface area contributed by atoms with Gasteiger partial charge in [0, 0.05) is 25.3 Å². The standard InChI is InChI=1S/C19H23FN2O3.ClH/c20-14-5-1-6-15(10-14)22-9-3-7-16(17(22)23)21-11-13-4-2-8-19(13,12-21)18(24)25;/h1,5-6,10,13,16H,2-4,7-9,11-12H2,(H,24,25);1H/t13-,16?,19+;/m0./s1. The average molecular weight is 383 g/mol. The van der Waals surface area contributed by atoms with Crippen LogP contribution in [0.5, 0.6) is 0 Å². The fraction of sp³-hybridized carbons (Fsp3) is 0.579. The van der Waals surface area contributed by atoms with Crippen molar-refractivity contribution in [2.45, 2.75) is 38.1 Å². The summed E-state index contributed by atoms with van der Waals surface area (Å²) in [7, 11) is 0. The molecule has 2 aliphatic heterocycles. The first kappa shape index (κ1) is 19.1. The molecule has 7 heteroatoms. The number of rotatable bonds is 3. The lowest BCUT2D eigenvalue weighted by atomic mass is 9.81. The van der Waals surface area contributed by atoms with Crippen molar-refractivity contribution < 1.29 is 19.1 Å². The van der Waals surface area contributed by atoms with Crippen LogP contribution in [0.3, 0.4) is 0 Å². The van der Waals surface area contributed by atoms with Gasteiger partial charge in [0.2, 0.25) is 5.91 Å². The Labute approximate surface area is 158 Å². The maximum Gasteiger partial charge on any atom is 0.311 e. The summed E-state index contributed by atoms with van der Waals surface area (Å²) >= 11 is 0. The number of likely N-dealkylation sites (tertiary alicyclic amines) is 1. The van der Waals surface area contributed by atoms with E-state index in [1.807, 2.05) is 0 Å². The van der Waals surface area contributed by atoms with E-state index in [0.717, 1.165) is 25.7 Å². The molecule has 1 aromatic rings. The highest BCUT2D eigenvalue weighted by molar-refractivity contribution is 5.98. The van der Waals surface area contributed by atoms with Gasteiger partial charge in [-0.25, -0.2) is 4.39 Å². The number of hydrogen-bond acceptors (Lipinski definition) is 3. The maximum absolute atomic E-state index is 13.5. The zero-order valence-electron chi connectivity index (χ0n) is 14.6. The first-order valence-electron chi connectivity index (χ1n) is 9.06. The molecule has 26 heavy (non-hydrogen) atoms. The summed E-state index contributed by atoms with van der Waals surface area (Å²) in [4.78, 5) is 28.6. The van der Waals surface area contributed by atoms with Crippen molar-refractivity contribution in [2.75, 3.05) is 24.5 Å². The van der Waals surface area contributed by atoms with E-state index >= 15 is 0 Å². The van der Waals surface area contributed by atoms with Gasteiger partial charge in [-0.1, -0.05) is 12.5 Å². The number of halogens is 2. The molecule has 142 valence electrons. The van der Waals surface area contributed by atoms with Crippen molar-refractivity contribution in [3.05, 3.63) is 30.1 Å². The second-order valence-corrected chi connectivity index (χ2v) is 7.61. The average Bonchev–Trinajstić information content (AvgIpc) is 3.13. The molecule has 2 saturated heterocycles. The zero-order valence-corrected chi connectivity index (χ0v) is 15.4. The summed E-state index contributed by atoms with van der Waals surface area (Å²) in [6.07, 6.45) is 4.18. The summed E-state index contributed by atoms with van der Waals surface area (Å²) in [6, 6.07) is 5.83. The third-order valence-corrected chi connectivity index (χ3v) is 6.29. The van der Waals surface area contributed by atoms with Gasteiger partial charge in [0.1, 0.15) is 5.82 Å². The molecule has 3 fully saturated rings. The minimum Gasteiger partial charge on any atom is -0.481 e. The second kappa shape index (κ2) is 7.16. The van der Waals surface area contributed by atoms with E-state index in [4.69, 9.17) is 0 Å². The van der Waals surface area contributed by atoms with E-state index in [0.29, 0.717) is 31.7 Å². The van der Waals surface area contributed by atoms with Crippen molar-refractivity contribution >= 4 is 30.0 Å². The van der Waals surface area contributed by atoms with Crippen LogP contribution in [0.25, 0.3) is 0 Å². The summed E-state index contributed by atoms with van der Waals surface area (Å²) in [6.45, 7) is 1.72. The number of hydrogen-bond donors (Lipinski definition) is 1. The molecule has 5 nitrogen and oxygen atoms in total. The third-order valence-electron chi connectivity index (χ3n) is 6.29. The van der Waals surface area contributed by atoms with Gasteiger partial charge in [-0.15, -0.1) is 12.4 Å². The Bertz CT molecular complexity index is 716. The molecule has 1 amide bonds. The van der Waals surface area contributed by atoms with E-state index in [1.165, 1.54) is 12.1 Å². The molecule has 0 spiro atoms. The minimum absolute atomic E-state index is 0. The SMILES string of the molecule is Cl.O=C1C(N2C[C@@H]3CCC[C@@]3(C(=O)O)C2)CCCN1c1cccc(F)c1. The Morgan fingerprint density at radius 2 is 2.08 bits per heavy atom. The Morgan fingerprint density at radius 1 is 1.27 bits per heavy atom. The van der Waals surface area contributed by atoms with Crippen molar-refractivity contribution in [3.63, 3.8) is 0 Å². The molecule has 0 radical (unpaired) electrons. The Morgan fingerprint density at radius 3 is 2.77 bits per heavy atom. The highest BCUT2D eigenvalue weighted by atomic mass is 35.5. The van der Waals surface area contributed by atoms with Crippen LogP contribution in [-0.4, -0.2) is 47.6 Å². The van der Waals surface area contributed by atoms with E-state index in [2.05, 4.69) is 4.90 Å². The van der Waals surface area contributed by atoms with Crippen LogP contribution in [0, 0.1) is 17.2 Å². The molecule has 3 aliphatic rings. The maximum atomic E-state index is 13.5. The first-order chi connectivity index (χ1) is 12.0. The van der Waals surface area contributed by atoms with Gasteiger partial charge in [0.15, 0.2) is 0 Å². The third kappa shape index (κ3) is 2.99. The normalized spacial score (nSPS) is 31.6. The van der Waals surface area contributed by atoms with Crippen LogP contribution >= 0.6 is 12.4 Å². The van der Waals surface area contributed by atoms with E-state index in [-0.39, 0.29) is 36.1 Å². The fourth-order valence-corrected chi connectivity index (χ4v) is 5.01. The molecule has 1 N–H and O–H groups in total.